The Morgan fingerprint density at radius 3 is 2.29 bits per heavy atom. The van der Waals surface area contributed by atoms with E-state index >= 15 is 0 Å². The Bertz CT molecular complexity index is 765. The van der Waals surface area contributed by atoms with Crippen LogP contribution < -0.4 is 0 Å². The van der Waals surface area contributed by atoms with Gasteiger partial charge in [-0.3, -0.25) is 10.1 Å². The van der Waals surface area contributed by atoms with Gasteiger partial charge in [-0.15, -0.1) is 0 Å². The van der Waals surface area contributed by atoms with Gasteiger partial charge >= 0.3 is 5.97 Å². The van der Waals surface area contributed by atoms with Gasteiger partial charge < -0.3 is 4.74 Å². The molecule has 6 heteroatoms. The lowest BCUT2D eigenvalue weighted by Crippen LogP contribution is -2.44. The fraction of sp³-hybridized carbons (Fsp3) is 0.278. The average Bonchev–Trinajstić information content (AvgIpc) is 2.54. The molecule has 3 rings (SSSR count). The standard InChI is InChI=1S/C18H16FNO4/c1-18(13-4-6-14(19)7-5-13)10-16(11-18)24-17(21)12-2-8-15(9-3-12)20(22)23/h2-9,16H,10-11H2,1H3/t16-,18-. The average molecular weight is 329 g/mol. The predicted octanol–water partition coefficient (Wildman–Crippen LogP) is 4.01. The molecule has 0 saturated heterocycles. The molecule has 1 aliphatic rings. The first-order chi connectivity index (χ1) is 11.4. The number of ether oxygens (including phenoxy) is 1. The lowest BCUT2D eigenvalue weighted by Gasteiger charge is -2.44. The number of benzene rings is 2. The third-order valence-corrected chi connectivity index (χ3v) is 4.49. The maximum absolute atomic E-state index is 13.0. The summed E-state index contributed by atoms with van der Waals surface area (Å²) in [6.07, 6.45) is 1.12. The van der Waals surface area contributed by atoms with Crippen LogP contribution in [0.2, 0.25) is 0 Å². The molecule has 0 spiro atoms. The number of nitro benzene ring substituents is 1. The van der Waals surface area contributed by atoms with Gasteiger partial charge in [-0.2, -0.15) is 0 Å². The van der Waals surface area contributed by atoms with Crippen molar-refractivity contribution >= 4 is 11.7 Å². The van der Waals surface area contributed by atoms with E-state index in [2.05, 4.69) is 6.92 Å². The van der Waals surface area contributed by atoms with Crippen molar-refractivity contribution in [1.29, 1.82) is 0 Å². The Balaban J connectivity index is 1.59. The van der Waals surface area contributed by atoms with Crippen LogP contribution in [0.1, 0.15) is 35.7 Å². The summed E-state index contributed by atoms with van der Waals surface area (Å²) in [5.74, 6) is -0.765. The molecule has 5 nitrogen and oxygen atoms in total. The highest BCUT2D eigenvalue weighted by atomic mass is 19.1. The second-order valence-electron chi connectivity index (χ2n) is 6.31. The van der Waals surface area contributed by atoms with Gasteiger partial charge in [-0.25, -0.2) is 9.18 Å². The molecular weight excluding hydrogens is 313 g/mol. The van der Waals surface area contributed by atoms with E-state index in [4.69, 9.17) is 4.74 Å². The number of halogens is 1. The third-order valence-electron chi connectivity index (χ3n) is 4.49. The maximum atomic E-state index is 13.0. The Kier molecular flexibility index (Phi) is 4.05. The van der Waals surface area contributed by atoms with Crippen LogP contribution in [0.5, 0.6) is 0 Å². The molecule has 124 valence electrons. The molecule has 1 saturated carbocycles. The van der Waals surface area contributed by atoms with Crippen LogP contribution in [-0.2, 0) is 10.2 Å². The topological polar surface area (TPSA) is 69.4 Å². The first-order valence-corrected chi connectivity index (χ1v) is 7.59. The smallest absolute Gasteiger partial charge is 0.338 e. The van der Waals surface area contributed by atoms with Crippen molar-refractivity contribution in [1.82, 2.24) is 0 Å². The van der Waals surface area contributed by atoms with Crippen molar-refractivity contribution < 1.29 is 18.8 Å². The normalized spacial score (nSPS) is 22.5. The molecule has 24 heavy (non-hydrogen) atoms. The molecule has 2 aromatic carbocycles. The van der Waals surface area contributed by atoms with Crippen LogP contribution >= 0.6 is 0 Å². The Hall–Kier alpha value is -2.76. The highest BCUT2D eigenvalue weighted by Gasteiger charge is 2.43. The zero-order valence-electron chi connectivity index (χ0n) is 13.1. The largest absolute Gasteiger partial charge is 0.459 e. The van der Waals surface area contributed by atoms with E-state index in [1.54, 1.807) is 12.1 Å². The summed E-state index contributed by atoms with van der Waals surface area (Å²) >= 11 is 0. The molecule has 0 N–H and O–H groups in total. The molecular formula is C18H16FNO4. The van der Waals surface area contributed by atoms with E-state index in [1.807, 2.05) is 0 Å². The molecule has 1 aliphatic carbocycles. The summed E-state index contributed by atoms with van der Waals surface area (Å²) in [6, 6.07) is 11.7. The molecule has 2 aromatic rings. The Morgan fingerprint density at radius 1 is 1.17 bits per heavy atom. The number of nitro groups is 1. The second-order valence-corrected chi connectivity index (χ2v) is 6.31. The van der Waals surface area contributed by atoms with Gasteiger partial charge in [0.25, 0.3) is 5.69 Å². The van der Waals surface area contributed by atoms with E-state index in [9.17, 15) is 19.3 Å². The van der Waals surface area contributed by atoms with Crippen molar-refractivity contribution in [2.75, 3.05) is 0 Å². The summed E-state index contributed by atoms with van der Waals surface area (Å²) in [5, 5.41) is 10.6. The zero-order valence-corrected chi connectivity index (χ0v) is 13.1. The molecule has 0 radical (unpaired) electrons. The summed E-state index contributed by atoms with van der Waals surface area (Å²) in [6.45, 7) is 2.05. The number of non-ortho nitro benzene ring substituents is 1. The van der Waals surface area contributed by atoms with Gasteiger partial charge in [-0.05, 0) is 48.1 Å². The fourth-order valence-electron chi connectivity index (χ4n) is 3.06. The summed E-state index contributed by atoms with van der Waals surface area (Å²) < 4.78 is 18.4. The molecule has 0 aromatic heterocycles. The van der Waals surface area contributed by atoms with Crippen LogP contribution in [0.4, 0.5) is 10.1 Å². The third kappa shape index (κ3) is 3.13. The molecule has 0 atom stereocenters. The van der Waals surface area contributed by atoms with E-state index in [-0.39, 0.29) is 28.6 Å². The minimum absolute atomic E-state index is 0.0703. The highest BCUT2D eigenvalue weighted by Crippen LogP contribution is 2.45. The van der Waals surface area contributed by atoms with Crippen molar-refractivity contribution in [2.24, 2.45) is 0 Å². The molecule has 0 amide bonds. The maximum Gasteiger partial charge on any atom is 0.338 e. The fourth-order valence-corrected chi connectivity index (χ4v) is 3.06. The minimum atomic E-state index is -0.519. The van der Waals surface area contributed by atoms with Gasteiger partial charge in [0.05, 0.1) is 10.5 Å². The van der Waals surface area contributed by atoms with E-state index in [0.717, 1.165) is 5.56 Å². The Labute approximate surface area is 138 Å². The summed E-state index contributed by atoms with van der Waals surface area (Å²) in [7, 11) is 0. The van der Waals surface area contributed by atoms with Crippen LogP contribution in [0.3, 0.4) is 0 Å². The van der Waals surface area contributed by atoms with Crippen LogP contribution in [-0.4, -0.2) is 17.0 Å². The van der Waals surface area contributed by atoms with Gasteiger partial charge in [-0.1, -0.05) is 19.1 Å². The van der Waals surface area contributed by atoms with Crippen molar-refractivity contribution in [2.45, 2.75) is 31.3 Å². The van der Waals surface area contributed by atoms with Crippen LogP contribution in [0, 0.1) is 15.9 Å². The SMILES string of the molecule is C[C@]1(c2ccc(F)cc2)C[C@H](OC(=O)c2ccc([N+](=O)[O-])cc2)C1. The van der Waals surface area contributed by atoms with Crippen LogP contribution in [0.25, 0.3) is 0 Å². The number of hydrogen-bond donors (Lipinski definition) is 0. The van der Waals surface area contributed by atoms with Crippen LogP contribution in [0.15, 0.2) is 48.5 Å². The quantitative estimate of drug-likeness (QED) is 0.483. The number of hydrogen-bond acceptors (Lipinski definition) is 4. The number of carbonyl (C=O) groups excluding carboxylic acids is 1. The number of rotatable bonds is 4. The Morgan fingerprint density at radius 2 is 1.75 bits per heavy atom. The summed E-state index contributed by atoms with van der Waals surface area (Å²) in [5.41, 5.74) is 1.11. The molecule has 1 fully saturated rings. The predicted molar refractivity (Wildman–Crippen MR) is 85.3 cm³/mol. The minimum Gasteiger partial charge on any atom is -0.459 e. The molecule has 0 aliphatic heterocycles. The highest BCUT2D eigenvalue weighted by molar-refractivity contribution is 5.89. The lowest BCUT2D eigenvalue weighted by molar-refractivity contribution is -0.384. The molecule has 0 heterocycles. The molecule has 0 unspecified atom stereocenters. The van der Waals surface area contributed by atoms with Crippen molar-refractivity contribution in [3.8, 4) is 0 Å². The van der Waals surface area contributed by atoms with E-state index < -0.39 is 10.9 Å². The van der Waals surface area contributed by atoms with Gasteiger partial charge in [0.15, 0.2) is 0 Å². The number of esters is 1. The monoisotopic (exact) mass is 329 g/mol. The van der Waals surface area contributed by atoms with Crippen molar-refractivity contribution in [3.63, 3.8) is 0 Å². The number of carbonyl (C=O) groups is 1. The first kappa shape index (κ1) is 16.1. The zero-order chi connectivity index (χ0) is 17.3. The van der Waals surface area contributed by atoms with E-state index in [0.29, 0.717) is 12.8 Å². The van der Waals surface area contributed by atoms with Crippen molar-refractivity contribution in [3.05, 3.63) is 75.6 Å². The van der Waals surface area contributed by atoms with Gasteiger partial charge in [0, 0.05) is 12.1 Å². The second kappa shape index (κ2) is 6.03. The first-order valence-electron chi connectivity index (χ1n) is 7.59. The van der Waals surface area contributed by atoms with E-state index in [1.165, 1.54) is 36.4 Å². The number of nitrogens with zero attached hydrogens (tertiary/aromatic N) is 1. The van der Waals surface area contributed by atoms with Gasteiger partial charge in [0.2, 0.25) is 0 Å². The summed E-state index contributed by atoms with van der Waals surface area (Å²) in [4.78, 5) is 22.2. The van der Waals surface area contributed by atoms with Gasteiger partial charge in [0.1, 0.15) is 11.9 Å². The molecule has 0 bridgehead atoms. The lowest BCUT2D eigenvalue weighted by atomic mass is 9.64.